The third-order valence-corrected chi connectivity index (χ3v) is 4.36. The van der Waals surface area contributed by atoms with Gasteiger partial charge in [0.05, 0.1) is 17.8 Å². The molecule has 0 radical (unpaired) electrons. The van der Waals surface area contributed by atoms with Gasteiger partial charge in [-0.3, -0.25) is 9.78 Å². The summed E-state index contributed by atoms with van der Waals surface area (Å²) in [5.74, 6) is 0.810. The Bertz CT molecular complexity index is 705. The fourth-order valence-corrected chi connectivity index (χ4v) is 2.85. The second-order valence-corrected chi connectivity index (χ2v) is 6.57. The molecular formula is C18H23N5O2. The van der Waals surface area contributed by atoms with Gasteiger partial charge in [-0.05, 0) is 36.6 Å². The highest BCUT2D eigenvalue weighted by atomic mass is 16.3. The lowest BCUT2D eigenvalue weighted by Crippen LogP contribution is -2.51. The molecule has 0 spiro atoms. The maximum atomic E-state index is 12.4. The molecule has 0 aliphatic carbocycles. The molecular weight excluding hydrogens is 318 g/mol. The van der Waals surface area contributed by atoms with Crippen molar-refractivity contribution in [2.45, 2.75) is 38.3 Å². The minimum absolute atomic E-state index is 0.154. The first-order chi connectivity index (χ1) is 12.0. The van der Waals surface area contributed by atoms with E-state index in [0.29, 0.717) is 30.4 Å². The predicted octanol–water partition coefficient (Wildman–Crippen LogP) is 1.68. The minimum atomic E-state index is -0.673. The third-order valence-electron chi connectivity index (χ3n) is 4.36. The van der Waals surface area contributed by atoms with Gasteiger partial charge >= 0.3 is 0 Å². The Balaban J connectivity index is 1.59. The number of carbonyl (C=O) groups is 1. The monoisotopic (exact) mass is 341 g/mol. The molecule has 7 heteroatoms. The van der Waals surface area contributed by atoms with Gasteiger partial charge in [-0.2, -0.15) is 5.10 Å². The first kappa shape index (κ1) is 17.3. The Hall–Kier alpha value is -2.54. The summed E-state index contributed by atoms with van der Waals surface area (Å²) in [5, 5.41) is 22.0. The molecule has 1 amide bonds. The summed E-state index contributed by atoms with van der Waals surface area (Å²) in [6.07, 6.45) is 1.55. The van der Waals surface area contributed by atoms with Crippen LogP contribution in [0.3, 0.4) is 0 Å². The Morgan fingerprint density at radius 3 is 2.72 bits per heavy atom. The van der Waals surface area contributed by atoms with Crippen molar-refractivity contribution >= 4 is 11.7 Å². The molecule has 1 aliphatic rings. The van der Waals surface area contributed by atoms with E-state index >= 15 is 0 Å². The van der Waals surface area contributed by atoms with Crippen molar-refractivity contribution in [2.75, 3.05) is 18.4 Å². The van der Waals surface area contributed by atoms with Crippen LogP contribution in [0.1, 0.15) is 42.4 Å². The molecule has 3 heterocycles. The van der Waals surface area contributed by atoms with Gasteiger partial charge in [0.1, 0.15) is 11.5 Å². The maximum Gasteiger partial charge on any atom is 0.272 e. The van der Waals surface area contributed by atoms with E-state index < -0.39 is 6.10 Å². The number of aromatic nitrogens is 3. The van der Waals surface area contributed by atoms with Gasteiger partial charge < -0.3 is 15.3 Å². The lowest BCUT2D eigenvalue weighted by molar-refractivity contribution is 0.0421. The van der Waals surface area contributed by atoms with E-state index in [9.17, 15) is 9.90 Å². The Morgan fingerprint density at radius 1 is 1.28 bits per heavy atom. The van der Waals surface area contributed by atoms with Crippen molar-refractivity contribution in [2.24, 2.45) is 0 Å². The minimum Gasteiger partial charge on any atom is -0.389 e. The molecule has 1 fully saturated rings. The summed E-state index contributed by atoms with van der Waals surface area (Å²) in [6, 6.07) is 8.89. The number of likely N-dealkylation sites (tertiary alicyclic amines) is 1. The summed E-state index contributed by atoms with van der Waals surface area (Å²) >= 11 is 0. The molecule has 0 saturated carbocycles. The zero-order chi connectivity index (χ0) is 17.8. The fourth-order valence-electron chi connectivity index (χ4n) is 2.85. The van der Waals surface area contributed by atoms with Crippen LogP contribution in [0.4, 0.5) is 5.82 Å². The van der Waals surface area contributed by atoms with E-state index in [2.05, 4.69) is 34.3 Å². The first-order valence-corrected chi connectivity index (χ1v) is 8.53. The molecule has 2 aromatic rings. The molecule has 25 heavy (non-hydrogen) atoms. The number of β-amino-alcohol motifs (C(OH)–C–C–N with tert-alkyl or cyclic N) is 1. The lowest BCUT2D eigenvalue weighted by atomic mass is 10.0. The van der Waals surface area contributed by atoms with E-state index in [-0.39, 0.29) is 18.5 Å². The quantitative estimate of drug-likeness (QED) is 0.879. The number of carbonyl (C=O) groups excluding carboxylic acids is 1. The van der Waals surface area contributed by atoms with Crippen molar-refractivity contribution in [3.8, 4) is 0 Å². The van der Waals surface area contributed by atoms with Crippen LogP contribution in [0, 0.1) is 0 Å². The number of hydrogen-bond acceptors (Lipinski definition) is 6. The number of aliphatic hydroxyl groups is 1. The van der Waals surface area contributed by atoms with Crippen LogP contribution in [-0.4, -0.2) is 56.3 Å². The highest BCUT2D eigenvalue weighted by Crippen LogP contribution is 2.18. The van der Waals surface area contributed by atoms with Crippen LogP contribution in [0.5, 0.6) is 0 Å². The molecule has 1 aliphatic heterocycles. The highest BCUT2D eigenvalue weighted by Gasteiger charge is 2.31. The van der Waals surface area contributed by atoms with Gasteiger partial charge in [0.2, 0.25) is 0 Å². The zero-order valence-corrected chi connectivity index (χ0v) is 14.5. The number of hydrogen-bond donors (Lipinski definition) is 2. The standard InChI is InChI=1S/C18H23N5O2/c1-12(2)13-6-7-17(22-21-13)20-14-8-10-23(11-16(14)24)18(25)15-5-3-4-9-19-15/h3-7,9,12,14,16,24H,8,10-11H2,1-2H3,(H,20,22)/t14-,16-/m1/s1. The number of rotatable bonds is 4. The molecule has 1 saturated heterocycles. The summed E-state index contributed by atoms with van der Waals surface area (Å²) in [4.78, 5) is 18.1. The predicted molar refractivity (Wildman–Crippen MR) is 94.3 cm³/mol. The average Bonchev–Trinajstić information content (AvgIpc) is 2.64. The molecule has 3 rings (SSSR count). The number of aliphatic hydroxyl groups excluding tert-OH is 1. The topological polar surface area (TPSA) is 91.2 Å². The van der Waals surface area contributed by atoms with Gasteiger partial charge in [-0.15, -0.1) is 5.10 Å². The second-order valence-electron chi connectivity index (χ2n) is 6.57. The summed E-state index contributed by atoms with van der Waals surface area (Å²) in [7, 11) is 0. The second kappa shape index (κ2) is 7.57. The summed E-state index contributed by atoms with van der Waals surface area (Å²) in [6.45, 7) is 4.95. The normalized spacial score (nSPS) is 20.6. The zero-order valence-electron chi connectivity index (χ0n) is 14.5. The summed E-state index contributed by atoms with van der Waals surface area (Å²) < 4.78 is 0. The van der Waals surface area contributed by atoms with Crippen LogP contribution < -0.4 is 5.32 Å². The van der Waals surface area contributed by atoms with E-state index in [1.54, 1.807) is 29.3 Å². The SMILES string of the molecule is CC(C)c1ccc(N[C@@H]2CCN(C(=O)c3ccccn3)C[C@H]2O)nn1. The van der Waals surface area contributed by atoms with E-state index in [0.717, 1.165) is 5.69 Å². The largest absolute Gasteiger partial charge is 0.389 e. The van der Waals surface area contributed by atoms with Crippen LogP contribution in [0.2, 0.25) is 0 Å². The van der Waals surface area contributed by atoms with E-state index in [1.165, 1.54) is 0 Å². The number of nitrogens with zero attached hydrogens (tertiary/aromatic N) is 4. The van der Waals surface area contributed by atoms with Crippen molar-refractivity contribution in [1.29, 1.82) is 0 Å². The van der Waals surface area contributed by atoms with Crippen molar-refractivity contribution < 1.29 is 9.90 Å². The molecule has 0 bridgehead atoms. The molecule has 132 valence electrons. The fraction of sp³-hybridized carbons (Fsp3) is 0.444. The molecule has 2 atom stereocenters. The van der Waals surface area contributed by atoms with Gasteiger partial charge in [0, 0.05) is 19.3 Å². The van der Waals surface area contributed by atoms with Gasteiger partial charge in [0.15, 0.2) is 0 Å². The lowest BCUT2D eigenvalue weighted by Gasteiger charge is -2.36. The summed E-state index contributed by atoms with van der Waals surface area (Å²) in [5.41, 5.74) is 1.33. The smallest absolute Gasteiger partial charge is 0.272 e. The number of anilines is 1. The van der Waals surface area contributed by atoms with Gasteiger partial charge in [-0.1, -0.05) is 19.9 Å². The number of piperidine rings is 1. The molecule has 2 N–H and O–H groups in total. The molecule has 2 aromatic heterocycles. The van der Waals surface area contributed by atoms with Crippen LogP contribution in [0.25, 0.3) is 0 Å². The Labute approximate surface area is 147 Å². The molecule has 7 nitrogen and oxygen atoms in total. The Kier molecular flexibility index (Phi) is 5.23. The maximum absolute atomic E-state index is 12.4. The number of nitrogens with one attached hydrogen (secondary N) is 1. The highest BCUT2D eigenvalue weighted by molar-refractivity contribution is 5.92. The van der Waals surface area contributed by atoms with Crippen LogP contribution >= 0.6 is 0 Å². The van der Waals surface area contributed by atoms with Crippen molar-refractivity contribution in [1.82, 2.24) is 20.1 Å². The van der Waals surface area contributed by atoms with Crippen molar-refractivity contribution in [3.05, 3.63) is 47.9 Å². The van der Waals surface area contributed by atoms with Gasteiger partial charge in [-0.25, -0.2) is 0 Å². The van der Waals surface area contributed by atoms with Crippen LogP contribution in [-0.2, 0) is 0 Å². The van der Waals surface area contributed by atoms with E-state index in [4.69, 9.17) is 0 Å². The number of amides is 1. The average molecular weight is 341 g/mol. The van der Waals surface area contributed by atoms with Crippen molar-refractivity contribution in [3.63, 3.8) is 0 Å². The molecule has 0 unspecified atom stereocenters. The Morgan fingerprint density at radius 2 is 2.12 bits per heavy atom. The number of pyridine rings is 1. The van der Waals surface area contributed by atoms with E-state index in [1.807, 2.05) is 12.1 Å². The van der Waals surface area contributed by atoms with Gasteiger partial charge in [0.25, 0.3) is 5.91 Å². The first-order valence-electron chi connectivity index (χ1n) is 8.53. The third kappa shape index (κ3) is 4.11. The molecule has 0 aromatic carbocycles. The van der Waals surface area contributed by atoms with Crippen LogP contribution in [0.15, 0.2) is 36.5 Å².